The Morgan fingerprint density at radius 3 is 2.96 bits per heavy atom. The van der Waals surface area contributed by atoms with Gasteiger partial charge in [0.15, 0.2) is 11.5 Å². The quantitative estimate of drug-likeness (QED) is 0.710. The van der Waals surface area contributed by atoms with Gasteiger partial charge in [0.2, 0.25) is 6.79 Å². The normalized spacial score (nSPS) is 18.6. The van der Waals surface area contributed by atoms with Crippen molar-refractivity contribution in [2.45, 2.75) is 25.2 Å². The molecule has 0 spiro atoms. The van der Waals surface area contributed by atoms with Crippen LogP contribution in [0.1, 0.15) is 30.9 Å². The van der Waals surface area contributed by atoms with Gasteiger partial charge in [0.1, 0.15) is 11.5 Å². The molecule has 3 aromatic rings. The van der Waals surface area contributed by atoms with Crippen molar-refractivity contribution in [3.8, 4) is 11.5 Å². The van der Waals surface area contributed by atoms with Crippen molar-refractivity contribution in [2.75, 3.05) is 12.1 Å². The first kappa shape index (κ1) is 14.4. The second kappa shape index (κ2) is 5.84. The fourth-order valence-corrected chi connectivity index (χ4v) is 3.58. The first-order chi connectivity index (χ1) is 12.4. The highest BCUT2D eigenvalue weighted by atomic mass is 16.7. The topological polar surface area (TPSA) is 47.8 Å². The third-order valence-corrected chi connectivity index (χ3v) is 4.85. The van der Waals surface area contributed by atoms with Gasteiger partial charge in [0, 0.05) is 23.9 Å². The number of imidazole rings is 1. The van der Waals surface area contributed by atoms with Crippen molar-refractivity contribution in [1.82, 2.24) is 9.38 Å². The number of nitrogens with one attached hydrogen (secondary N) is 1. The number of anilines is 2. The summed E-state index contributed by atoms with van der Waals surface area (Å²) in [6.45, 7) is 0.286. The molecule has 1 unspecified atom stereocenters. The highest BCUT2D eigenvalue weighted by Crippen LogP contribution is 2.38. The molecule has 5 nitrogen and oxygen atoms in total. The molecule has 0 saturated carbocycles. The van der Waals surface area contributed by atoms with E-state index in [1.807, 2.05) is 36.4 Å². The molecule has 0 radical (unpaired) electrons. The van der Waals surface area contributed by atoms with Gasteiger partial charge in [0.05, 0.1) is 5.69 Å². The largest absolute Gasteiger partial charge is 0.454 e. The molecule has 2 aliphatic rings. The fourth-order valence-electron chi connectivity index (χ4n) is 3.58. The Bertz CT molecular complexity index is 961. The molecule has 1 aliphatic carbocycles. The van der Waals surface area contributed by atoms with Gasteiger partial charge in [-0.15, -0.1) is 0 Å². The number of pyridine rings is 1. The van der Waals surface area contributed by atoms with Gasteiger partial charge in [-0.05, 0) is 43.5 Å². The van der Waals surface area contributed by atoms with Gasteiger partial charge >= 0.3 is 0 Å². The van der Waals surface area contributed by atoms with Crippen LogP contribution >= 0.6 is 0 Å². The zero-order chi connectivity index (χ0) is 16.6. The van der Waals surface area contributed by atoms with Gasteiger partial charge in [-0.2, -0.15) is 0 Å². The number of hydrogen-bond donors (Lipinski definition) is 1. The van der Waals surface area contributed by atoms with Crippen LogP contribution in [0.25, 0.3) is 5.65 Å². The second-order valence-electron chi connectivity index (χ2n) is 6.45. The summed E-state index contributed by atoms with van der Waals surface area (Å²) in [6.07, 6.45) is 9.87. The van der Waals surface area contributed by atoms with E-state index in [9.17, 15) is 0 Å². The van der Waals surface area contributed by atoms with Gasteiger partial charge in [-0.1, -0.05) is 18.2 Å². The Morgan fingerprint density at radius 1 is 1.08 bits per heavy atom. The first-order valence-corrected chi connectivity index (χ1v) is 8.67. The van der Waals surface area contributed by atoms with Crippen LogP contribution in [0.2, 0.25) is 0 Å². The Hall–Kier alpha value is -2.95. The van der Waals surface area contributed by atoms with Crippen LogP contribution in [0, 0.1) is 0 Å². The molecule has 0 saturated heterocycles. The first-order valence-electron chi connectivity index (χ1n) is 8.67. The predicted octanol–water partition coefficient (Wildman–Crippen LogP) is 4.63. The average Bonchev–Trinajstić information content (AvgIpc) is 3.27. The lowest BCUT2D eigenvalue weighted by molar-refractivity contribution is 0.174. The van der Waals surface area contributed by atoms with Gasteiger partial charge in [-0.3, -0.25) is 4.40 Å². The second-order valence-corrected chi connectivity index (χ2v) is 6.45. The summed E-state index contributed by atoms with van der Waals surface area (Å²) < 4.78 is 13.0. The summed E-state index contributed by atoms with van der Waals surface area (Å²) in [6, 6.07) is 12.0. The monoisotopic (exact) mass is 333 g/mol. The van der Waals surface area contributed by atoms with Crippen molar-refractivity contribution in [2.24, 2.45) is 0 Å². The maximum absolute atomic E-state index is 5.50. The zero-order valence-electron chi connectivity index (χ0n) is 13.8. The lowest BCUT2D eigenvalue weighted by atomic mass is 9.91. The molecule has 1 N–H and O–H groups in total. The lowest BCUT2D eigenvalue weighted by Crippen LogP contribution is -2.05. The molecule has 1 aromatic carbocycles. The Morgan fingerprint density at radius 2 is 2.04 bits per heavy atom. The zero-order valence-corrected chi connectivity index (χ0v) is 13.8. The molecule has 0 bridgehead atoms. The van der Waals surface area contributed by atoms with E-state index in [-0.39, 0.29) is 6.79 Å². The van der Waals surface area contributed by atoms with Crippen LogP contribution in [0.15, 0.2) is 54.7 Å². The third kappa shape index (κ3) is 2.52. The smallest absolute Gasteiger partial charge is 0.231 e. The maximum Gasteiger partial charge on any atom is 0.231 e. The fraction of sp³-hybridized carbons (Fsp3) is 0.250. The minimum atomic E-state index is 0.286. The summed E-state index contributed by atoms with van der Waals surface area (Å²) in [5.74, 6) is 3.05. The molecule has 5 rings (SSSR count). The molecular formula is C20H19N3O2. The van der Waals surface area contributed by atoms with Crippen LogP contribution in [-0.2, 0) is 0 Å². The summed E-state index contributed by atoms with van der Waals surface area (Å²) in [5, 5.41) is 3.56. The van der Waals surface area contributed by atoms with E-state index in [1.54, 1.807) is 0 Å². The van der Waals surface area contributed by atoms with Crippen molar-refractivity contribution in [3.63, 3.8) is 0 Å². The van der Waals surface area contributed by atoms with Gasteiger partial charge in [-0.25, -0.2) is 4.98 Å². The van der Waals surface area contributed by atoms with Crippen molar-refractivity contribution in [1.29, 1.82) is 0 Å². The van der Waals surface area contributed by atoms with Crippen LogP contribution < -0.4 is 14.8 Å². The highest BCUT2D eigenvalue weighted by molar-refractivity contribution is 5.67. The molecule has 0 fully saturated rings. The molecule has 1 aliphatic heterocycles. The minimum absolute atomic E-state index is 0.286. The summed E-state index contributed by atoms with van der Waals surface area (Å²) in [5.41, 5.74) is 3.08. The number of ether oxygens (including phenoxy) is 2. The van der Waals surface area contributed by atoms with E-state index in [2.05, 4.69) is 28.1 Å². The van der Waals surface area contributed by atoms with Crippen LogP contribution in [0.5, 0.6) is 11.5 Å². The van der Waals surface area contributed by atoms with Gasteiger partial charge in [0.25, 0.3) is 0 Å². The molecule has 126 valence electrons. The predicted molar refractivity (Wildman–Crippen MR) is 96.8 cm³/mol. The number of allylic oxidation sites excluding steroid dienone is 2. The summed E-state index contributed by atoms with van der Waals surface area (Å²) in [4.78, 5) is 4.92. The average molecular weight is 333 g/mol. The number of nitrogens with zero attached hydrogens (tertiary/aromatic N) is 2. The molecular weight excluding hydrogens is 314 g/mol. The molecule has 3 heterocycles. The minimum Gasteiger partial charge on any atom is -0.454 e. The van der Waals surface area contributed by atoms with Crippen molar-refractivity contribution < 1.29 is 9.47 Å². The van der Waals surface area contributed by atoms with Crippen LogP contribution in [0.4, 0.5) is 11.5 Å². The standard InChI is InChI=1S/C20H19N3O2/c1-2-6-14(7-3-1)19-20(23-11-5-4-8-18(23)22-19)21-15-9-10-16-17(12-15)25-13-24-16/h1-2,4-5,8-12,14,21H,3,6-7,13H2. The molecule has 2 aromatic heterocycles. The molecule has 1 atom stereocenters. The van der Waals surface area contributed by atoms with Gasteiger partial charge < -0.3 is 14.8 Å². The maximum atomic E-state index is 5.50. The number of fused-ring (bicyclic) bond motifs is 2. The highest BCUT2D eigenvalue weighted by Gasteiger charge is 2.22. The van der Waals surface area contributed by atoms with E-state index in [1.165, 1.54) is 0 Å². The number of benzene rings is 1. The van der Waals surface area contributed by atoms with E-state index in [4.69, 9.17) is 14.5 Å². The van der Waals surface area contributed by atoms with Crippen molar-refractivity contribution in [3.05, 3.63) is 60.4 Å². The molecule has 0 amide bonds. The summed E-state index contributed by atoms with van der Waals surface area (Å²) in [7, 11) is 0. The number of hydrogen-bond acceptors (Lipinski definition) is 4. The van der Waals surface area contributed by atoms with Crippen molar-refractivity contribution >= 4 is 17.2 Å². The van der Waals surface area contributed by atoms with E-state index >= 15 is 0 Å². The molecule has 5 heteroatoms. The van der Waals surface area contributed by atoms with E-state index in [0.29, 0.717) is 5.92 Å². The van der Waals surface area contributed by atoms with E-state index in [0.717, 1.165) is 53.6 Å². The Balaban J connectivity index is 1.58. The molecule has 25 heavy (non-hydrogen) atoms. The number of aromatic nitrogens is 2. The summed E-state index contributed by atoms with van der Waals surface area (Å²) >= 11 is 0. The third-order valence-electron chi connectivity index (χ3n) is 4.85. The SMILES string of the molecule is C1=CCC(c2nc3ccccn3c2Nc2ccc3c(c2)OCO3)CC1. The Labute approximate surface area is 145 Å². The van der Waals surface area contributed by atoms with Crippen LogP contribution in [0.3, 0.4) is 0 Å². The lowest BCUT2D eigenvalue weighted by Gasteiger charge is -2.18. The number of rotatable bonds is 3. The Kier molecular flexibility index (Phi) is 3.37. The van der Waals surface area contributed by atoms with Crippen LogP contribution in [-0.4, -0.2) is 16.2 Å². The van der Waals surface area contributed by atoms with E-state index < -0.39 is 0 Å².